The van der Waals surface area contributed by atoms with Gasteiger partial charge in [-0.05, 0) is 62.0 Å². The number of rotatable bonds is 7. The third-order valence-corrected chi connectivity index (χ3v) is 6.58. The Bertz CT molecular complexity index is 830. The molecular formula is C22H28N4O3S. The molecule has 0 saturated carbocycles. The van der Waals surface area contributed by atoms with Gasteiger partial charge in [0.2, 0.25) is 0 Å². The van der Waals surface area contributed by atoms with Crippen LogP contribution in [0, 0.1) is 5.92 Å². The summed E-state index contributed by atoms with van der Waals surface area (Å²) in [7, 11) is 0. The predicted molar refractivity (Wildman–Crippen MR) is 119 cm³/mol. The Morgan fingerprint density at radius 1 is 1.13 bits per heavy atom. The summed E-state index contributed by atoms with van der Waals surface area (Å²) in [5.41, 5.74) is 1.28. The van der Waals surface area contributed by atoms with E-state index in [1.165, 1.54) is 24.2 Å². The summed E-state index contributed by atoms with van der Waals surface area (Å²) in [6.45, 7) is 4.38. The molecule has 2 aliphatic heterocycles. The standard InChI is InChI=1S/C22H28N4O3S/c27-21(20-7-4-12-30-20)24-17-5-3-6-18(13-17)25-22(28)23-14-19(16-8-11-29-15-16)26-9-1-2-10-26/h3-7,12-13,16,19H,1-2,8-11,14-15H2,(H,24,27)(H2,23,25,28). The molecule has 0 bridgehead atoms. The van der Waals surface area contributed by atoms with Gasteiger partial charge in [-0.1, -0.05) is 12.1 Å². The lowest BCUT2D eigenvalue weighted by Gasteiger charge is -2.31. The molecule has 30 heavy (non-hydrogen) atoms. The number of urea groups is 1. The molecule has 2 atom stereocenters. The number of likely N-dealkylation sites (tertiary alicyclic amines) is 1. The SMILES string of the molecule is O=C(NCC(C1CCOC1)N1CCCC1)Nc1cccc(NC(=O)c2cccs2)c1. The lowest BCUT2D eigenvalue weighted by atomic mass is 9.97. The zero-order valence-corrected chi connectivity index (χ0v) is 17.7. The van der Waals surface area contributed by atoms with E-state index in [-0.39, 0.29) is 11.9 Å². The van der Waals surface area contributed by atoms with Gasteiger partial charge in [0.25, 0.3) is 5.91 Å². The van der Waals surface area contributed by atoms with E-state index < -0.39 is 0 Å². The van der Waals surface area contributed by atoms with Gasteiger partial charge in [0.15, 0.2) is 0 Å². The quantitative estimate of drug-likeness (QED) is 0.629. The zero-order valence-electron chi connectivity index (χ0n) is 16.9. The monoisotopic (exact) mass is 428 g/mol. The maximum absolute atomic E-state index is 12.5. The van der Waals surface area contributed by atoms with Gasteiger partial charge >= 0.3 is 6.03 Å². The van der Waals surface area contributed by atoms with E-state index in [0.717, 1.165) is 32.7 Å². The van der Waals surface area contributed by atoms with E-state index in [0.29, 0.717) is 34.8 Å². The van der Waals surface area contributed by atoms with Gasteiger partial charge in [0.1, 0.15) is 0 Å². The number of benzene rings is 1. The average molecular weight is 429 g/mol. The Morgan fingerprint density at radius 2 is 1.93 bits per heavy atom. The Morgan fingerprint density at radius 3 is 2.63 bits per heavy atom. The molecule has 3 N–H and O–H groups in total. The number of hydrogen-bond donors (Lipinski definition) is 3. The Labute approximate surface area is 180 Å². The number of thiophene rings is 1. The number of carbonyl (C=O) groups is 2. The minimum absolute atomic E-state index is 0.154. The first kappa shape index (κ1) is 20.8. The van der Waals surface area contributed by atoms with Gasteiger partial charge in [-0.15, -0.1) is 11.3 Å². The summed E-state index contributed by atoms with van der Waals surface area (Å²) in [5, 5.41) is 10.6. The first-order valence-corrected chi connectivity index (χ1v) is 11.4. The molecule has 0 radical (unpaired) electrons. The second-order valence-corrected chi connectivity index (χ2v) is 8.73. The molecule has 8 heteroatoms. The molecule has 0 spiro atoms. The smallest absolute Gasteiger partial charge is 0.319 e. The minimum Gasteiger partial charge on any atom is -0.381 e. The van der Waals surface area contributed by atoms with Gasteiger partial charge in [-0.2, -0.15) is 0 Å². The van der Waals surface area contributed by atoms with Crippen molar-refractivity contribution in [3.05, 3.63) is 46.7 Å². The van der Waals surface area contributed by atoms with Crippen molar-refractivity contribution in [1.82, 2.24) is 10.2 Å². The fraction of sp³-hybridized carbons (Fsp3) is 0.455. The van der Waals surface area contributed by atoms with Gasteiger partial charge in [-0.25, -0.2) is 4.79 Å². The van der Waals surface area contributed by atoms with Crippen LogP contribution in [0.5, 0.6) is 0 Å². The van der Waals surface area contributed by atoms with Crippen LogP contribution in [0.25, 0.3) is 0 Å². The molecule has 2 aliphatic rings. The lowest BCUT2D eigenvalue weighted by Crippen LogP contribution is -2.48. The third-order valence-electron chi connectivity index (χ3n) is 5.71. The minimum atomic E-state index is -0.236. The van der Waals surface area contributed by atoms with E-state index in [1.54, 1.807) is 18.2 Å². The lowest BCUT2D eigenvalue weighted by molar-refractivity contribution is 0.103. The summed E-state index contributed by atoms with van der Waals surface area (Å²) in [4.78, 5) is 27.9. The second kappa shape index (κ2) is 10.1. The van der Waals surface area contributed by atoms with Crippen molar-refractivity contribution >= 4 is 34.6 Å². The number of carbonyl (C=O) groups excluding carboxylic acids is 2. The Kier molecular flexibility index (Phi) is 6.99. The first-order valence-electron chi connectivity index (χ1n) is 10.5. The summed E-state index contributed by atoms with van der Waals surface area (Å²) in [6.07, 6.45) is 3.50. The Hall–Kier alpha value is -2.42. The molecule has 2 aromatic rings. The van der Waals surface area contributed by atoms with Crippen LogP contribution < -0.4 is 16.0 Å². The molecule has 2 unspecified atom stereocenters. The first-order chi connectivity index (χ1) is 14.7. The number of anilines is 2. The zero-order chi connectivity index (χ0) is 20.8. The molecule has 2 saturated heterocycles. The van der Waals surface area contributed by atoms with Crippen LogP contribution in [0.4, 0.5) is 16.2 Å². The van der Waals surface area contributed by atoms with Crippen molar-refractivity contribution in [2.24, 2.45) is 5.92 Å². The van der Waals surface area contributed by atoms with Gasteiger partial charge in [0.05, 0.1) is 11.5 Å². The second-order valence-electron chi connectivity index (χ2n) is 7.78. The summed E-state index contributed by atoms with van der Waals surface area (Å²) in [5.74, 6) is 0.318. The highest BCUT2D eigenvalue weighted by Crippen LogP contribution is 2.24. The van der Waals surface area contributed by atoms with Crippen LogP contribution in [-0.2, 0) is 4.74 Å². The average Bonchev–Trinajstić information content (AvgIpc) is 3.51. The van der Waals surface area contributed by atoms with E-state index in [2.05, 4.69) is 20.9 Å². The van der Waals surface area contributed by atoms with E-state index >= 15 is 0 Å². The Balaban J connectivity index is 1.31. The van der Waals surface area contributed by atoms with Crippen LogP contribution in [0.1, 0.15) is 28.9 Å². The molecule has 7 nitrogen and oxygen atoms in total. The fourth-order valence-electron chi connectivity index (χ4n) is 4.17. The molecule has 3 amide bonds. The molecule has 1 aromatic heterocycles. The highest BCUT2D eigenvalue weighted by atomic mass is 32.1. The molecule has 0 aliphatic carbocycles. The normalized spacial score (nSPS) is 20.1. The molecule has 1 aromatic carbocycles. The van der Waals surface area contributed by atoms with E-state index in [9.17, 15) is 9.59 Å². The number of hydrogen-bond acceptors (Lipinski definition) is 5. The third kappa shape index (κ3) is 5.38. The van der Waals surface area contributed by atoms with Crippen molar-refractivity contribution in [2.75, 3.05) is 43.5 Å². The van der Waals surface area contributed by atoms with Gasteiger partial charge < -0.3 is 20.7 Å². The molecule has 4 rings (SSSR count). The number of nitrogens with zero attached hydrogens (tertiary/aromatic N) is 1. The van der Waals surface area contributed by atoms with Crippen molar-refractivity contribution in [2.45, 2.75) is 25.3 Å². The summed E-state index contributed by atoms with van der Waals surface area (Å²) < 4.78 is 5.58. The van der Waals surface area contributed by atoms with Gasteiger partial charge in [0, 0.05) is 36.5 Å². The number of amides is 3. The number of ether oxygens (including phenoxy) is 1. The van der Waals surface area contributed by atoms with Crippen LogP contribution in [0.15, 0.2) is 41.8 Å². The van der Waals surface area contributed by atoms with Gasteiger partial charge in [-0.3, -0.25) is 9.69 Å². The van der Waals surface area contributed by atoms with Crippen molar-refractivity contribution in [3.63, 3.8) is 0 Å². The van der Waals surface area contributed by atoms with Crippen molar-refractivity contribution < 1.29 is 14.3 Å². The highest BCUT2D eigenvalue weighted by Gasteiger charge is 2.32. The van der Waals surface area contributed by atoms with E-state index in [4.69, 9.17) is 4.74 Å². The van der Waals surface area contributed by atoms with Crippen LogP contribution in [0.2, 0.25) is 0 Å². The maximum atomic E-state index is 12.5. The molecule has 2 fully saturated rings. The van der Waals surface area contributed by atoms with Crippen molar-refractivity contribution in [1.29, 1.82) is 0 Å². The topological polar surface area (TPSA) is 82.7 Å². The van der Waals surface area contributed by atoms with Crippen LogP contribution >= 0.6 is 11.3 Å². The molecular weight excluding hydrogens is 400 g/mol. The largest absolute Gasteiger partial charge is 0.381 e. The van der Waals surface area contributed by atoms with E-state index in [1.807, 2.05) is 23.6 Å². The maximum Gasteiger partial charge on any atom is 0.319 e. The highest BCUT2D eigenvalue weighted by molar-refractivity contribution is 7.12. The molecule has 160 valence electrons. The molecule has 3 heterocycles. The summed E-state index contributed by atoms with van der Waals surface area (Å²) in [6, 6.07) is 10.9. The predicted octanol–water partition coefficient (Wildman–Crippen LogP) is 3.62. The fourth-order valence-corrected chi connectivity index (χ4v) is 4.79. The van der Waals surface area contributed by atoms with Crippen LogP contribution in [-0.4, -0.2) is 55.7 Å². The summed E-state index contributed by atoms with van der Waals surface area (Å²) >= 11 is 1.39. The van der Waals surface area contributed by atoms with Crippen LogP contribution in [0.3, 0.4) is 0 Å². The number of nitrogens with one attached hydrogen (secondary N) is 3. The van der Waals surface area contributed by atoms with Crippen molar-refractivity contribution in [3.8, 4) is 0 Å².